The highest BCUT2D eigenvalue weighted by Gasteiger charge is 2.08. The second-order valence-corrected chi connectivity index (χ2v) is 3.63. The Bertz CT molecular complexity index is 551. The molecule has 1 aromatic heterocycles. The van der Waals surface area contributed by atoms with Crippen molar-refractivity contribution in [2.75, 3.05) is 0 Å². The van der Waals surface area contributed by atoms with Crippen molar-refractivity contribution in [3.63, 3.8) is 0 Å². The minimum absolute atomic E-state index is 0.0917. The SMILES string of the molecule is CCn1c(C)cc(=O)n1-c1ccc(F)cc1. The van der Waals surface area contributed by atoms with E-state index in [0.717, 1.165) is 5.69 Å². The van der Waals surface area contributed by atoms with Crippen LogP contribution in [-0.4, -0.2) is 9.36 Å². The van der Waals surface area contributed by atoms with Gasteiger partial charge in [-0.25, -0.2) is 9.07 Å². The smallest absolute Gasteiger partial charge is 0.271 e. The van der Waals surface area contributed by atoms with E-state index < -0.39 is 0 Å². The molecule has 0 unspecified atom stereocenters. The van der Waals surface area contributed by atoms with Gasteiger partial charge in [-0.1, -0.05) is 0 Å². The predicted octanol–water partition coefficient (Wildman–Crippen LogP) is 2.11. The van der Waals surface area contributed by atoms with Gasteiger partial charge < -0.3 is 0 Å². The highest BCUT2D eigenvalue weighted by molar-refractivity contribution is 5.31. The summed E-state index contributed by atoms with van der Waals surface area (Å²) in [5, 5.41) is 0. The van der Waals surface area contributed by atoms with E-state index in [1.54, 1.807) is 22.9 Å². The van der Waals surface area contributed by atoms with Crippen molar-refractivity contribution in [3.8, 4) is 5.69 Å². The Hall–Kier alpha value is -1.84. The van der Waals surface area contributed by atoms with Gasteiger partial charge in [0.2, 0.25) is 0 Å². The molecule has 2 rings (SSSR count). The van der Waals surface area contributed by atoms with Crippen LogP contribution in [0.1, 0.15) is 12.6 Å². The first-order valence-electron chi connectivity index (χ1n) is 5.19. The number of nitrogens with zero attached hydrogens (tertiary/aromatic N) is 2. The lowest BCUT2D eigenvalue weighted by Gasteiger charge is -2.11. The van der Waals surface area contributed by atoms with Gasteiger partial charge in [0.25, 0.3) is 5.56 Å². The van der Waals surface area contributed by atoms with Gasteiger partial charge in [0.1, 0.15) is 5.82 Å². The molecule has 0 atom stereocenters. The summed E-state index contributed by atoms with van der Waals surface area (Å²) in [5.74, 6) is -0.303. The molecule has 4 heteroatoms. The van der Waals surface area contributed by atoms with Crippen molar-refractivity contribution in [2.45, 2.75) is 20.4 Å². The zero-order chi connectivity index (χ0) is 11.7. The van der Waals surface area contributed by atoms with Crippen molar-refractivity contribution in [3.05, 3.63) is 52.2 Å². The summed E-state index contributed by atoms with van der Waals surface area (Å²) in [6, 6.07) is 7.48. The summed E-state index contributed by atoms with van der Waals surface area (Å²) in [5.41, 5.74) is 1.49. The van der Waals surface area contributed by atoms with Crippen LogP contribution in [0.25, 0.3) is 5.69 Å². The number of aryl methyl sites for hydroxylation is 1. The number of hydrogen-bond acceptors (Lipinski definition) is 1. The van der Waals surface area contributed by atoms with Crippen LogP contribution in [0.2, 0.25) is 0 Å². The molecular formula is C12H13FN2O. The van der Waals surface area contributed by atoms with Gasteiger partial charge in [-0.3, -0.25) is 9.48 Å². The zero-order valence-electron chi connectivity index (χ0n) is 9.27. The molecule has 0 radical (unpaired) electrons. The minimum Gasteiger partial charge on any atom is -0.283 e. The fraction of sp³-hybridized carbons (Fsp3) is 0.250. The average molecular weight is 220 g/mol. The van der Waals surface area contributed by atoms with Crippen molar-refractivity contribution < 1.29 is 4.39 Å². The van der Waals surface area contributed by atoms with E-state index in [4.69, 9.17) is 0 Å². The largest absolute Gasteiger partial charge is 0.283 e. The van der Waals surface area contributed by atoms with Crippen LogP contribution in [0, 0.1) is 12.7 Å². The summed E-state index contributed by atoms with van der Waals surface area (Å²) in [7, 11) is 0. The number of aromatic nitrogens is 2. The summed E-state index contributed by atoms with van der Waals surface area (Å²) in [6.07, 6.45) is 0. The third-order valence-corrected chi connectivity index (χ3v) is 2.56. The van der Waals surface area contributed by atoms with Crippen LogP contribution >= 0.6 is 0 Å². The molecule has 84 valence electrons. The molecule has 0 N–H and O–H groups in total. The van der Waals surface area contributed by atoms with E-state index in [1.165, 1.54) is 12.1 Å². The van der Waals surface area contributed by atoms with Gasteiger partial charge in [-0.2, -0.15) is 0 Å². The summed E-state index contributed by atoms with van der Waals surface area (Å²) in [6.45, 7) is 4.54. The molecule has 3 nitrogen and oxygen atoms in total. The molecule has 0 aliphatic rings. The third kappa shape index (κ3) is 1.66. The zero-order valence-corrected chi connectivity index (χ0v) is 9.27. The van der Waals surface area contributed by atoms with Gasteiger partial charge >= 0.3 is 0 Å². The summed E-state index contributed by atoms with van der Waals surface area (Å²) in [4.78, 5) is 11.8. The van der Waals surface area contributed by atoms with Crippen molar-refractivity contribution in [1.82, 2.24) is 9.36 Å². The normalized spacial score (nSPS) is 10.7. The first kappa shape index (κ1) is 10.7. The van der Waals surface area contributed by atoms with Crippen LogP contribution in [0.3, 0.4) is 0 Å². The Kier molecular flexibility index (Phi) is 2.64. The predicted molar refractivity (Wildman–Crippen MR) is 60.4 cm³/mol. The maximum absolute atomic E-state index is 12.8. The fourth-order valence-corrected chi connectivity index (χ4v) is 1.83. The molecule has 0 saturated heterocycles. The molecular weight excluding hydrogens is 207 g/mol. The molecule has 0 amide bonds. The van der Waals surface area contributed by atoms with Gasteiger partial charge in [0.05, 0.1) is 5.69 Å². The number of benzene rings is 1. The average Bonchev–Trinajstić information content (AvgIpc) is 2.54. The van der Waals surface area contributed by atoms with Crippen molar-refractivity contribution >= 4 is 0 Å². The van der Waals surface area contributed by atoms with Gasteiger partial charge in [-0.15, -0.1) is 0 Å². The monoisotopic (exact) mass is 220 g/mol. The summed E-state index contributed by atoms with van der Waals surface area (Å²) >= 11 is 0. The standard InChI is InChI=1S/C12H13FN2O/c1-3-14-9(2)8-12(16)15(14)11-6-4-10(13)5-7-11/h4-8H,3H2,1-2H3. The van der Waals surface area contributed by atoms with E-state index >= 15 is 0 Å². The van der Waals surface area contributed by atoms with Crippen molar-refractivity contribution in [2.24, 2.45) is 0 Å². The fourth-order valence-electron chi connectivity index (χ4n) is 1.83. The molecule has 0 bridgehead atoms. The van der Waals surface area contributed by atoms with Crippen LogP contribution in [-0.2, 0) is 6.54 Å². The molecule has 1 aromatic carbocycles. The molecule has 0 aliphatic heterocycles. The van der Waals surface area contributed by atoms with Crippen LogP contribution < -0.4 is 5.56 Å². The first-order chi connectivity index (χ1) is 7.63. The highest BCUT2D eigenvalue weighted by atomic mass is 19.1. The van der Waals surface area contributed by atoms with Crippen LogP contribution in [0.4, 0.5) is 4.39 Å². The van der Waals surface area contributed by atoms with Crippen LogP contribution in [0.15, 0.2) is 35.1 Å². The maximum Gasteiger partial charge on any atom is 0.271 e. The lowest BCUT2D eigenvalue weighted by molar-refractivity contribution is 0.558. The van der Waals surface area contributed by atoms with Gasteiger partial charge in [-0.05, 0) is 38.1 Å². The Balaban J connectivity index is 2.63. The molecule has 0 aliphatic carbocycles. The topological polar surface area (TPSA) is 26.9 Å². The van der Waals surface area contributed by atoms with E-state index in [0.29, 0.717) is 12.2 Å². The van der Waals surface area contributed by atoms with E-state index in [-0.39, 0.29) is 11.4 Å². The Labute approximate surface area is 92.7 Å². The Morgan fingerprint density at radius 3 is 2.44 bits per heavy atom. The highest BCUT2D eigenvalue weighted by Crippen LogP contribution is 2.08. The Morgan fingerprint density at radius 2 is 1.88 bits per heavy atom. The molecule has 0 fully saturated rings. The molecule has 0 spiro atoms. The van der Waals surface area contributed by atoms with E-state index in [2.05, 4.69) is 0 Å². The molecule has 16 heavy (non-hydrogen) atoms. The lowest BCUT2D eigenvalue weighted by atomic mass is 10.3. The maximum atomic E-state index is 12.8. The molecule has 1 heterocycles. The number of rotatable bonds is 2. The summed E-state index contributed by atoms with van der Waals surface area (Å²) < 4.78 is 16.2. The molecule has 0 saturated carbocycles. The van der Waals surface area contributed by atoms with Crippen molar-refractivity contribution in [1.29, 1.82) is 0 Å². The second-order valence-electron chi connectivity index (χ2n) is 3.63. The lowest BCUT2D eigenvalue weighted by Crippen LogP contribution is -2.20. The number of hydrogen-bond donors (Lipinski definition) is 0. The van der Waals surface area contributed by atoms with Crippen LogP contribution in [0.5, 0.6) is 0 Å². The quantitative estimate of drug-likeness (QED) is 0.761. The Morgan fingerprint density at radius 1 is 1.25 bits per heavy atom. The van der Waals surface area contributed by atoms with E-state index in [1.807, 2.05) is 18.5 Å². The van der Waals surface area contributed by atoms with E-state index in [9.17, 15) is 9.18 Å². The third-order valence-electron chi connectivity index (χ3n) is 2.56. The van der Waals surface area contributed by atoms with Gasteiger partial charge in [0, 0.05) is 18.3 Å². The molecule has 2 aromatic rings. The first-order valence-corrected chi connectivity index (χ1v) is 5.19. The van der Waals surface area contributed by atoms with Gasteiger partial charge in [0.15, 0.2) is 0 Å². The minimum atomic E-state index is -0.303. The number of halogens is 1. The second kappa shape index (κ2) is 3.96.